The van der Waals surface area contributed by atoms with Crippen LogP contribution in [0.15, 0.2) is 188 Å². The van der Waals surface area contributed by atoms with Crippen LogP contribution in [0.3, 0.4) is 0 Å². The fourth-order valence-electron chi connectivity index (χ4n) is 8.37. The van der Waals surface area contributed by atoms with E-state index < -0.39 is 0 Å². The molecule has 53 heavy (non-hydrogen) atoms. The number of imidazole rings is 1. The molecule has 0 saturated heterocycles. The van der Waals surface area contributed by atoms with Gasteiger partial charge in [-0.15, -0.1) is 0 Å². The Hall–Kier alpha value is -6.77. The van der Waals surface area contributed by atoms with E-state index in [1.807, 2.05) is 0 Å². The third kappa shape index (κ3) is 5.14. The Bertz CT molecular complexity index is 2960. The first-order valence-electron chi connectivity index (χ1n) is 18.5. The Morgan fingerprint density at radius 2 is 0.962 bits per heavy atom. The largest absolute Gasteiger partial charge is 0.296 e. The summed E-state index contributed by atoms with van der Waals surface area (Å²) in [4.78, 5) is 4.95. The molecule has 10 rings (SSSR count). The van der Waals surface area contributed by atoms with Crippen LogP contribution in [-0.4, -0.2) is 9.55 Å². The summed E-state index contributed by atoms with van der Waals surface area (Å²) in [5.74, 6) is 1.07. The molecule has 250 valence electrons. The monoisotopic (exact) mass is 676 g/mol. The molecule has 1 aromatic heterocycles. The molecule has 10 aromatic rings. The van der Waals surface area contributed by atoms with Crippen LogP contribution in [0.25, 0.3) is 93.5 Å². The molecular formula is C51H36N2. The van der Waals surface area contributed by atoms with Crippen molar-refractivity contribution in [3.63, 3.8) is 0 Å². The van der Waals surface area contributed by atoms with Crippen LogP contribution in [0.2, 0.25) is 0 Å². The minimum absolute atomic E-state index is 0.859. The van der Waals surface area contributed by atoms with Crippen LogP contribution in [0, 0.1) is 0 Å². The van der Waals surface area contributed by atoms with Gasteiger partial charge in [-0.1, -0.05) is 165 Å². The highest BCUT2D eigenvalue weighted by molar-refractivity contribution is 6.24. The fraction of sp³-hybridized carbons (Fsp3) is 0.0392. The van der Waals surface area contributed by atoms with Gasteiger partial charge in [0.1, 0.15) is 5.82 Å². The van der Waals surface area contributed by atoms with Crippen molar-refractivity contribution < 1.29 is 0 Å². The minimum atomic E-state index is 0.859. The van der Waals surface area contributed by atoms with E-state index in [2.05, 4.69) is 200 Å². The summed E-state index contributed by atoms with van der Waals surface area (Å²) in [6.45, 7) is 2.17. The number of aryl methyl sites for hydroxylation is 1. The normalized spacial score (nSPS) is 11.6. The van der Waals surface area contributed by atoms with Crippen LogP contribution in [-0.2, 0) is 6.42 Å². The average Bonchev–Trinajstić information content (AvgIpc) is 3.62. The quantitative estimate of drug-likeness (QED) is 0.160. The molecule has 0 bridgehead atoms. The zero-order chi connectivity index (χ0) is 35.3. The number of nitrogens with zero attached hydrogens (tertiary/aromatic N) is 2. The third-order valence-electron chi connectivity index (χ3n) is 10.8. The van der Waals surface area contributed by atoms with Crippen molar-refractivity contribution in [3.05, 3.63) is 194 Å². The van der Waals surface area contributed by atoms with Crippen molar-refractivity contribution in [1.82, 2.24) is 9.55 Å². The van der Waals surface area contributed by atoms with Crippen LogP contribution in [0.1, 0.15) is 12.7 Å². The maximum absolute atomic E-state index is 4.95. The Morgan fingerprint density at radius 3 is 1.70 bits per heavy atom. The van der Waals surface area contributed by atoms with Gasteiger partial charge in [0.05, 0.1) is 11.0 Å². The van der Waals surface area contributed by atoms with Gasteiger partial charge in [-0.3, -0.25) is 4.57 Å². The molecule has 0 aliphatic carbocycles. The molecule has 0 saturated carbocycles. The topological polar surface area (TPSA) is 17.8 Å². The molecule has 0 amide bonds. The first-order valence-corrected chi connectivity index (χ1v) is 18.5. The highest BCUT2D eigenvalue weighted by Gasteiger charge is 2.20. The Kier molecular flexibility index (Phi) is 7.47. The molecule has 0 aliphatic rings. The lowest BCUT2D eigenvalue weighted by Crippen LogP contribution is -2.00. The molecule has 2 heteroatoms. The molecule has 0 N–H and O–H groups in total. The van der Waals surface area contributed by atoms with Gasteiger partial charge in [0.25, 0.3) is 0 Å². The summed E-state index contributed by atoms with van der Waals surface area (Å²) in [6.07, 6.45) is 0.859. The van der Waals surface area contributed by atoms with E-state index in [9.17, 15) is 0 Å². The number of fused-ring (bicyclic) bond motifs is 4. The van der Waals surface area contributed by atoms with E-state index in [-0.39, 0.29) is 0 Å². The van der Waals surface area contributed by atoms with E-state index in [0.29, 0.717) is 0 Å². The summed E-state index contributed by atoms with van der Waals surface area (Å²) in [7, 11) is 0. The smallest absolute Gasteiger partial charge is 0.114 e. The van der Waals surface area contributed by atoms with Gasteiger partial charge in [-0.05, 0) is 107 Å². The van der Waals surface area contributed by atoms with Crippen molar-refractivity contribution in [3.8, 4) is 50.2 Å². The summed E-state index contributed by atoms with van der Waals surface area (Å²) in [5.41, 5.74) is 13.1. The third-order valence-corrected chi connectivity index (χ3v) is 10.8. The number of rotatable bonds is 6. The van der Waals surface area contributed by atoms with Crippen LogP contribution in [0.5, 0.6) is 0 Å². The van der Waals surface area contributed by atoms with E-state index in [0.717, 1.165) is 29.0 Å². The molecular weight excluding hydrogens is 641 g/mol. The first kappa shape index (κ1) is 31.0. The van der Waals surface area contributed by atoms with Crippen molar-refractivity contribution >= 4 is 43.4 Å². The van der Waals surface area contributed by atoms with Crippen molar-refractivity contribution in [1.29, 1.82) is 0 Å². The summed E-state index contributed by atoms with van der Waals surface area (Å²) in [5, 5.41) is 7.48. The van der Waals surface area contributed by atoms with E-state index in [1.54, 1.807) is 0 Å². The highest BCUT2D eigenvalue weighted by Crippen LogP contribution is 2.47. The zero-order valence-electron chi connectivity index (χ0n) is 29.5. The maximum atomic E-state index is 4.95. The predicted molar refractivity (Wildman–Crippen MR) is 225 cm³/mol. The zero-order valence-corrected chi connectivity index (χ0v) is 29.5. The molecule has 0 unspecified atom stereocenters. The molecule has 2 nitrogen and oxygen atoms in total. The lowest BCUT2D eigenvalue weighted by Gasteiger charge is -2.20. The lowest BCUT2D eigenvalue weighted by molar-refractivity contribution is 0.908. The van der Waals surface area contributed by atoms with E-state index in [1.165, 1.54) is 76.8 Å². The number of hydrogen-bond acceptors (Lipinski definition) is 1. The van der Waals surface area contributed by atoms with Gasteiger partial charge in [0.15, 0.2) is 0 Å². The molecule has 9 aromatic carbocycles. The van der Waals surface area contributed by atoms with Crippen LogP contribution >= 0.6 is 0 Å². The fourth-order valence-corrected chi connectivity index (χ4v) is 8.37. The SMILES string of the molecule is CCc1nc2ccccc2n1-c1ccc(-c2c3ccccc3c(-c3cccc4c(-c5ccccc5)cccc34)c3cc(-c4ccccc4)ccc23)cc1. The van der Waals surface area contributed by atoms with Crippen LogP contribution < -0.4 is 0 Å². The lowest BCUT2D eigenvalue weighted by atomic mass is 9.83. The van der Waals surface area contributed by atoms with Crippen LogP contribution in [0.4, 0.5) is 0 Å². The Morgan fingerprint density at radius 1 is 0.396 bits per heavy atom. The second-order valence-corrected chi connectivity index (χ2v) is 13.7. The van der Waals surface area contributed by atoms with Gasteiger partial charge in [-0.25, -0.2) is 4.98 Å². The van der Waals surface area contributed by atoms with Crippen molar-refractivity contribution in [2.24, 2.45) is 0 Å². The van der Waals surface area contributed by atoms with Crippen molar-refractivity contribution in [2.75, 3.05) is 0 Å². The van der Waals surface area contributed by atoms with Gasteiger partial charge >= 0.3 is 0 Å². The number of para-hydroxylation sites is 2. The molecule has 0 atom stereocenters. The first-order chi connectivity index (χ1) is 26.3. The number of hydrogen-bond donors (Lipinski definition) is 0. The average molecular weight is 677 g/mol. The van der Waals surface area contributed by atoms with E-state index in [4.69, 9.17) is 4.98 Å². The molecule has 0 fully saturated rings. The Balaban J connectivity index is 1.25. The Labute approximate surface area is 309 Å². The molecule has 0 spiro atoms. The second-order valence-electron chi connectivity index (χ2n) is 13.7. The second kappa shape index (κ2) is 12.8. The van der Waals surface area contributed by atoms with Gasteiger partial charge in [0, 0.05) is 12.1 Å². The molecule has 0 radical (unpaired) electrons. The summed E-state index contributed by atoms with van der Waals surface area (Å²) in [6, 6.07) is 68.5. The summed E-state index contributed by atoms with van der Waals surface area (Å²) < 4.78 is 2.30. The predicted octanol–water partition coefficient (Wildman–Crippen LogP) is 13.7. The van der Waals surface area contributed by atoms with Gasteiger partial charge < -0.3 is 0 Å². The maximum Gasteiger partial charge on any atom is 0.114 e. The van der Waals surface area contributed by atoms with Gasteiger partial charge in [-0.2, -0.15) is 0 Å². The number of aromatic nitrogens is 2. The van der Waals surface area contributed by atoms with Crippen molar-refractivity contribution in [2.45, 2.75) is 13.3 Å². The summed E-state index contributed by atoms with van der Waals surface area (Å²) >= 11 is 0. The highest BCUT2D eigenvalue weighted by atomic mass is 15.1. The molecule has 0 aliphatic heterocycles. The molecule has 1 heterocycles. The van der Waals surface area contributed by atoms with Gasteiger partial charge in [0.2, 0.25) is 0 Å². The van der Waals surface area contributed by atoms with E-state index >= 15 is 0 Å². The number of benzene rings is 9. The minimum Gasteiger partial charge on any atom is -0.296 e. The standard InChI is InChI=1S/C51H36N2/c1-2-49-52-47-25-11-12-26-48(47)53(49)38-30-27-36(28-31-38)50-43-19-9-10-20-44(43)51(46-33-37(29-32-45(46)50)34-15-5-3-6-16-34)42-24-14-22-40-39(21-13-23-41(40)42)35-17-7-4-8-18-35/h3-33H,2H2,1H3.